The predicted octanol–water partition coefficient (Wildman–Crippen LogP) is -2.08. The second-order valence-electron chi connectivity index (χ2n) is 10.1. The summed E-state index contributed by atoms with van der Waals surface area (Å²) in [6.45, 7) is -1.62. The van der Waals surface area contributed by atoms with Crippen LogP contribution in [0.25, 0.3) is 22.3 Å². The van der Waals surface area contributed by atoms with Crippen LogP contribution in [0, 0.1) is 0 Å². The van der Waals surface area contributed by atoms with E-state index in [1.165, 1.54) is 24.3 Å². The van der Waals surface area contributed by atoms with E-state index in [9.17, 15) is 55.9 Å². The van der Waals surface area contributed by atoms with E-state index in [0.29, 0.717) is 5.56 Å². The molecule has 0 aliphatic carbocycles. The normalized spacial score (nSPS) is 33.6. The molecule has 2 aliphatic heterocycles. The van der Waals surface area contributed by atoms with Crippen LogP contribution in [-0.4, -0.2) is 119 Å². The zero-order valence-corrected chi connectivity index (χ0v) is 21.7. The summed E-state index contributed by atoms with van der Waals surface area (Å²) in [5, 5.41) is 103. The summed E-state index contributed by atoms with van der Waals surface area (Å²) >= 11 is 0. The van der Waals surface area contributed by atoms with E-state index in [2.05, 4.69) is 0 Å². The number of ether oxygens (including phenoxy) is 3. The van der Waals surface area contributed by atoms with Gasteiger partial charge in [0.15, 0.2) is 11.7 Å². The van der Waals surface area contributed by atoms with Gasteiger partial charge in [0.1, 0.15) is 88.9 Å². The first-order valence-corrected chi connectivity index (χ1v) is 12.9. The molecule has 15 heteroatoms. The first-order chi connectivity index (χ1) is 20.0. The van der Waals surface area contributed by atoms with Gasteiger partial charge in [0.25, 0.3) is 0 Å². The van der Waals surface area contributed by atoms with Crippen molar-refractivity contribution < 1.29 is 69.7 Å². The minimum Gasteiger partial charge on any atom is -0.508 e. The van der Waals surface area contributed by atoms with Crippen LogP contribution >= 0.6 is 0 Å². The van der Waals surface area contributed by atoms with E-state index in [1.54, 1.807) is 0 Å². The summed E-state index contributed by atoms with van der Waals surface area (Å²) in [5.74, 6) is -1.53. The molecule has 0 spiro atoms. The Morgan fingerprint density at radius 1 is 0.762 bits per heavy atom. The average Bonchev–Trinajstić information content (AvgIpc) is 2.96. The number of fused-ring (bicyclic) bond motifs is 1. The van der Waals surface area contributed by atoms with Crippen molar-refractivity contribution in [2.75, 3.05) is 13.2 Å². The minimum absolute atomic E-state index is 0.0247. The first kappa shape index (κ1) is 30.1. The molecule has 3 aromatic rings. The molecule has 15 nitrogen and oxygen atoms in total. The maximum atomic E-state index is 13.1. The van der Waals surface area contributed by atoms with Gasteiger partial charge in [-0.25, -0.2) is 0 Å². The molecule has 228 valence electrons. The lowest BCUT2D eigenvalue weighted by atomic mass is 9.89. The smallest absolute Gasteiger partial charge is 0.197 e. The summed E-state index contributed by atoms with van der Waals surface area (Å²) < 4.78 is 22.4. The maximum absolute atomic E-state index is 13.1. The van der Waals surface area contributed by atoms with Gasteiger partial charge in [0.05, 0.1) is 18.8 Å². The topological polar surface area (TPSA) is 260 Å². The van der Waals surface area contributed by atoms with E-state index < -0.39 is 102 Å². The zero-order chi connectivity index (χ0) is 30.5. The van der Waals surface area contributed by atoms with Crippen molar-refractivity contribution in [1.29, 1.82) is 0 Å². The van der Waals surface area contributed by atoms with Crippen LogP contribution in [-0.2, 0) is 14.2 Å². The van der Waals surface area contributed by atoms with Crippen molar-refractivity contribution in [2.24, 2.45) is 0 Å². The van der Waals surface area contributed by atoms with Crippen LogP contribution in [0.4, 0.5) is 0 Å². The number of aromatic hydroxyl groups is 3. The van der Waals surface area contributed by atoms with E-state index in [-0.39, 0.29) is 17.1 Å². The fourth-order valence-corrected chi connectivity index (χ4v) is 5.16. The molecule has 1 aromatic heterocycles. The molecule has 0 saturated carbocycles. The fraction of sp³-hybridized carbons (Fsp3) is 0.444. The van der Waals surface area contributed by atoms with Gasteiger partial charge in [-0.3, -0.25) is 4.79 Å². The summed E-state index contributed by atoms with van der Waals surface area (Å²) in [5.41, 5.74) is -1.10. The van der Waals surface area contributed by atoms with E-state index in [0.717, 1.165) is 12.1 Å². The van der Waals surface area contributed by atoms with Gasteiger partial charge in [-0.1, -0.05) is 0 Å². The van der Waals surface area contributed by atoms with Crippen LogP contribution < -0.4 is 5.43 Å². The third-order valence-corrected chi connectivity index (χ3v) is 7.45. The molecule has 5 rings (SSSR count). The van der Waals surface area contributed by atoms with Gasteiger partial charge in [-0.2, -0.15) is 0 Å². The Kier molecular flexibility index (Phi) is 8.41. The Bertz CT molecular complexity index is 1470. The van der Waals surface area contributed by atoms with Crippen LogP contribution in [0.15, 0.2) is 45.6 Å². The third-order valence-electron chi connectivity index (χ3n) is 7.45. The Morgan fingerprint density at radius 3 is 2.02 bits per heavy atom. The van der Waals surface area contributed by atoms with Gasteiger partial charge >= 0.3 is 0 Å². The van der Waals surface area contributed by atoms with Gasteiger partial charge in [0.2, 0.25) is 0 Å². The van der Waals surface area contributed by atoms with Gasteiger partial charge in [-0.05, 0) is 24.3 Å². The number of phenols is 3. The van der Waals surface area contributed by atoms with Crippen LogP contribution in [0.5, 0.6) is 17.2 Å². The summed E-state index contributed by atoms with van der Waals surface area (Å²) in [6.07, 6.45) is -17.4. The molecular formula is C27H30O15. The summed E-state index contributed by atoms with van der Waals surface area (Å²) in [4.78, 5) is 13.1. The lowest BCUT2D eigenvalue weighted by Gasteiger charge is -2.46. The molecule has 10 atom stereocenters. The van der Waals surface area contributed by atoms with E-state index in [1.807, 2.05) is 0 Å². The third kappa shape index (κ3) is 5.20. The summed E-state index contributed by atoms with van der Waals surface area (Å²) in [6, 6.07) is 7.75. The van der Waals surface area contributed by atoms with E-state index in [4.69, 9.17) is 18.6 Å². The highest BCUT2D eigenvalue weighted by molar-refractivity contribution is 5.88. The lowest BCUT2D eigenvalue weighted by Crippen LogP contribution is -2.62. The average molecular weight is 595 g/mol. The van der Waals surface area contributed by atoms with Gasteiger partial charge < -0.3 is 69.7 Å². The van der Waals surface area contributed by atoms with Crippen LogP contribution in [0.2, 0.25) is 0 Å². The molecule has 3 heterocycles. The quantitative estimate of drug-likeness (QED) is 0.147. The number of hydrogen-bond acceptors (Lipinski definition) is 15. The molecule has 0 bridgehead atoms. The Balaban J connectivity index is 1.58. The highest BCUT2D eigenvalue weighted by atomic mass is 16.7. The van der Waals surface area contributed by atoms with Crippen molar-refractivity contribution in [3.8, 4) is 28.6 Å². The molecule has 10 N–H and O–H groups in total. The SMILES string of the molecule is O=c1cc(-c2ccc(O)cc2)oc2cc(O)c([C@@H]3OC(CO)[C@@H](O)[C@H](O)C3O[C@@H]3OC(CO)[C@H](O)[C@H](O)C3O)c(O)c12. The monoisotopic (exact) mass is 594 g/mol. The standard InChI is InChI=1S/C27H30O15/c28-7-15-20(34)23(37)26(42-27-24(38)22(36)19(33)16(8-29)41-27)25(40-15)18-12(32)6-14-17(21(18)35)11(31)5-13(39-14)9-1-3-10(30)4-2-9/h1-6,15-16,19-20,22-30,32-38H,7-8H2/t15?,16?,19-,20+,22-,23-,24?,25-,26?,27-/m0/s1. The van der Waals surface area contributed by atoms with Gasteiger partial charge in [-0.15, -0.1) is 0 Å². The van der Waals surface area contributed by atoms with Crippen molar-refractivity contribution in [3.63, 3.8) is 0 Å². The second-order valence-corrected chi connectivity index (χ2v) is 10.1. The predicted molar refractivity (Wildman–Crippen MR) is 138 cm³/mol. The van der Waals surface area contributed by atoms with Crippen molar-refractivity contribution >= 4 is 11.0 Å². The van der Waals surface area contributed by atoms with Crippen molar-refractivity contribution in [3.05, 3.63) is 52.2 Å². The van der Waals surface area contributed by atoms with Crippen LogP contribution in [0.3, 0.4) is 0 Å². The first-order valence-electron chi connectivity index (χ1n) is 12.9. The number of phenolic OH excluding ortho intramolecular Hbond substituents is 3. The number of aliphatic hydroxyl groups excluding tert-OH is 7. The number of benzene rings is 2. The highest BCUT2D eigenvalue weighted by Crippen LogP contribution is 2.46. The second kappa shape index (κ2) is 11.7. The van der Waals surface area contributed by atoms with Crippen LogP contribution in [0.1, 0.15) is 11.7 Å². The zero-order valence-electron chi connectivity index (χ0n) is 21.7. The highest BCUT2D eigenvalue weighted by Gasteiger charge is 2.52. The molecule has 2 saturated heterocycles. The van der Waals surface area contributed by atoms with Gasteiger partial charge in [0, 0.05) is 17.7 Å². The van der Waals surface area contributed by atoms with Crippen molar-refractivity contribution in [2.45, 2.75) is 61.2 Å². The van der Waals surface area contributed by atoms with E-state index >= 15 is 0 Å². The molecule has 2 aromatic carbocycles. The maximum Gasteiger partial charge on any atom is 0.197 e. The molecule has 4 unspecified atom stereocenters. The molecule has 0 amide bonds. The van der Waals surface area contributed by atoms with Crippen molar-refractivity contribution in [1.82, 2.24) is 0 Å². The Labute approximate surface area is 236 Å². The molecule has 42 heavy (non-hydrogen) atoms. The number of aliphatic hydroxyl groups is 7. The minimum atomic E-state index is -1.92. The summed E-state index contributed by atoms with van der Waals surface area (Å²) in [7, 11) is 0. The lowest BCUT2D eigenvalue weighted by molar-refractivity contribution is -0.342. The molecule has 2 aliphatic rings. The molecule has 2 fully saturated rings. The number of hydrogen-bond donors (Lipinski definition) is 10. The Morgan fingerprint density at radius 2 is 1.38 bits per heavy atom. The molecule has 0 radical (unpaired) electrons. The molecular weight excluding hydrogens is 564 g/mol. The fourth-order valence-electron chi connectivity index (χ4n) is 5.16. The Hall–Kier alpha value is -3.35. The number of rotatable bonds is 6. The largest absolute Gasteiger partial charge is 0.508 e.